The number of carbonyl (C=O) groups is 2. The van der Waals surface area contributed by atoms with Gasteiger partial charge < -0.3 is 4.90 Å². The van der Waals surface area contributed by atoms with Gasteiger partial charge in [-0.05, 0) is 43.9 Å². The second-order valence-corrected chi connectivity index (χ2v) is 6.91. The third-order valence-corrected chi connectivity index (χ3v) is 4.93. The molecule has 130 valence electrons. The molecular weight excluding hydrogens is 310 g/mol. The minimum absolute atomic E-state index is 0.0220. The molecular formula is C22H25NO2. The molecule has 1 unspecified atom stereocenters. The molecule has 2 aromatic carbocycles. The molecule has 0 N–H and O–H groups in total. The van der Waals surface area contributed by atoms with Gasteiger partial charge in [0, 0.05) is 31.0 Å². The molecule has 0 radical (unpaired) electrons. The van der Waals surface area contributed by atoms with E-state index in [-0.39, 0.29) is 17.6 Å². The minimum atomic E-state index is -0.0220. The van der Waals surface area contributed by atoms with Crippen molar-refractivity contribution in [3.8, 4) is 0 Å². The van der Waals surface area contributed by atoms with Gasteiger partial charge in [-0.2, -0.15) is 0 Å². The quantitative estimate of drug-likeness (QED) is 0.827. The lowest BCUT2D eigenvalue weighted by atomic mass is 9.90. The topological polar surface area (TPSA) is 37.4 Å². The fraction of sp³-hybridized carbons (Fsp3) is 0.364. The highest BCUT2D eigenvalue weighted by Crippen LogP contribution is 2.21. The molecule has 0 aromatic heterocycles. The number of Topliss-reactive ketones (excluding diaryl/α,β-unsaturated/α-hetero) is 1. The Kier molecular flexibility index (Phi) is 5.64. The van der Waals surface area contributed by atoms with E-state index >= 15 is 0 Å². The van der Waals surface area contributed by atoms with Crippen LogP contribution in [0.1, 0.15) is 40.7 Å². The zero-order chi connectivity index (χ0) is 17.6. The van der Waals surface area contributed by atoms with Crippen molar-refractivity contribution in [3.05, 3.63) is 71.3 Å². The normalized spacial score (nSPS) is 17.3. The lowest BCUT2D eigenvalue weighted by Gasteiger charge is -2.32. The maximum absolute atomic E-state index is 12.7. The molecule has 1 fully saturated rings. The van der Waals surface area contributed by atoms with E-state index in [1.807, 2.05) is 54.3 Å². The van der Waals surface area contributed by atoms with Gasteiger partial charge in [-0.15, -0.1) is 0 Å². The van der Waals surface area contributed by atoms with Crippen LogP contribution in [0.5, 0.6) is 0 Å². The molecule has 0 saturated carbocycles. The van der Waals surface area contributed by atoms with Crippen LogP contribution in [0.15, 0.2) is 54.6 Å². The zero-order valence-corrected chi connectivity index (χ0v) is 14.8. The van der Waals surface area contributed by atoms with Gasteiger partial charge >= 0.3 is 0 Å². The average Bonchev–Trinajstić information content (AvgIpc) is 2.66. The molecule has 0 spiro atoms. The van der Waals surface area contributed by atoms with E-state index in [1.54, 1.807) is 0 Å². The predicted molar refractivity (Wildman–Crippen MR) is 99.6 cm³/mol. The number of benzene rings is 2. The Balaban J connectivity index is 1.58. The van der Waals surface area contributed by atoms with Crippen molar-refractivity contribution in [2.45, 2.75) is 32.6 Å². The molecule has 1 aliphatic heterocycles. The molecule has 3 rings (SSSR count). The standard InChI is InChI=1S/C22H25NO2/c1-17-7-5-10-19(15-17)22(25)23-14-6-11-20(16-23)21(24)13-12-18-8-3-2-4-9-18/h2-5,7-10,15,20H,6,11-14,16H2,1H3. The van der Waals surface area contributed by atoms with Crippen molar-refractivity contribution in [2.24, 2.45) is 5.92 Å². The summed E-state index contributed by atoms with van der Waals surface area (Å²) in [5.74, 6) is 0.307. The molecule has 25 heavy (non-hydrogen) atoms. The number of aryl methyl sites for hydroxylation is 2. The molecule has 1 atom stereocenters. The summed E-state index contributed by atoms with van der Waals surface area (Å²) in [7, 11) is 0. The molecule has 1 heterocycles. The van der Waals surface area contributed by atoms with Gasteiger partial charge in [-0.25, -0.2) is 0 Å². The van der Waals surface area contributed by atoms with Crippen LogP contribution in [-0.4, -0.2) is 29.7 Å². The smallest absolute Gasteiger partial charge is 0.253 e. The highest BCUT2D eigenvalue weighted by Gasteiger charge is 2.28. The summed E-state index contributed by atoms with van der Waals surface area (Å²) in [5, 5.41) is 0. The van der Waals surface area contributed by atoms with Gasteiger partial charge in [-0.1, -0.05) is 48.0 Å². The molecule has 1 aliphatic rings. The first kappa shape index (κ1) is 17.4. The first-order valence-corrected chi connectivity index (χ1v) is 9.06. The van der Waals surface area contributed by atoms with Crippen LogP contribution >= 0.6 is 0 Å². The van der Waals surface area contributed by atoms with E-state index in [0.29, 0.717) is 13.0 Å². The maximum atomic E-state index is 12.7. The third-order valence-electron chi connectivity index (χ3n) is 4.93. The number of nitrogens with zero attached hydrogens (tertiary/aromatic N) is 1. The van der Waals surface area contributed by atoms with Crippen LogP contribution in [0.2, 0.25) is 0 Å². The maximum Gasteiger partial charge on any atom is 0.253 e. The third kappa shape index (κ3) is 4.56. The molecule has 3 heteroatoms. The van der Waals surface area contributed by atoms with Gasteiger partial charge in [0.15, 0.2) is 0 Å². The number of likely N-dealkylation sites (tertiary alicyclic amines) is 1. The fourth-order valence-corrected chi connectivity index (χ4v) is 3.50. The summed E-state index contributed by atoms with van der Waals surface area (Å²) in [4.78, 5) is 27.2. The number of amides is 1. The number of ketones is 1. The Labute approximate surface area is 149 Å². The highest BCUT2D eigenvalue weighted by molar-refractivity contribution is 5.95. The monoisotopic (exact) mass is 335 g/mol. The van der Waals surface area contributed by atoms with E-state index in [2.05, 4.69) is 12.1 Å². The zero-order valence-electron chi connectivity index (χ0n) is 14.8. The van der Waals surface area contributed by atoms with Crippen LogP contribution in [-0.2, 0) is 11.2 Å². The molecule has 1 saturated heterocycles. The van der Waals surface area contributed by atoms with Crippen molar-refractivity contribution < 1.29 is 9.59 Å². The molecule has 2 aromatic rings. The Bertz CT molecular complexity index is 739. The van der Waals surface area contributed by atoms with E-state index in [4.69, 9.17) is 0 Å². The largest absolute Gasteiger partial charge is 0.338 e. The Morgan fingerprint density at radius 2 is 1.88 bits per heavy atom. The minimum Gasteiger partial charge on any atom is -0.338 e. The lowest BCUT2D eigenvalue weighted by molar-refractivity contribution is -0.124. The van der Waals surface area contributed by atoms with E-state index < -0.39 is 0 Å². The summed E-state index contributed by atoms with van der Waals surface area (Å²) in [6.45, 7) is 3.29. The number of hydrogen-bond donors (Lipinski definition) is 0. The summed E-state index contributed by atoms with van der Waals surface area (Å²) in [5.41, 5.74) is 3.00. The van der Waals surface area contributed by atoms with Crippen molar-refractivity contribution in [1.29, 1.82) is 0 Å². The van der Waals surface area contributed by atoms with Crippen molar-refractivity contribution >= 4 is 11.7 Å². The van der Waals surface area contributed by atoms with Crippen LogP contribution < -0.4 is 0 Å². The summed E-state index contributed by atoms with van der Waals surface area (Å²) in [6.07, 6.45) is 3.13. The summed E-state index contributed by atoms with van der Waals surface area (Å²) in [6, 6.07) is 17.8. The second kappa shape index (κ2) is 8.11. The number of piperidine rings is 1. The number of rotatable bonds is 5. The lowest BCUT2D eigenvalue weighted by Crippen LogP contribution is -2.42. The number of carbonyl (C=O) groups excluding carboxylic acids is 2. The van der Waals surface area contributed by atoms with Gasteiger partial charge in [-0.3, -0.25) is 9.59 Å². The molecule has 0 bridgehead atoms. The van der Waals surface area contributed by atoms with Gasteiger partial charge in [0.05, 0.1) is 0 Å². The van der Waals surface area contributed by atoms with Gasteiger partial charge in [0.2, 0.25) is 0 Å². The Morgan fingerprint density at radius 3 is 2.64 bits per heavy atom. The Morgan fingerprint density at radius 1 is 1.08 bits per heavy atom. The second-order valence-electron chi connectivity index (χ2n) is 6.91. The summed E-state index contributed by atoms with van der Waals surface area (Å²) >= 11 is 0. The highest BCUT2D eigenvalue weighted by atomic mass is 16.2. The summed E-state index contributed by atoms with van der Waals surface area (Å²) < 4.78 is 0. The SMILES string of the molecule is Cc1cccc(C(=O)N2CCCC(C(=O)CCc3ccccc3)C2)c1. The van der Waals surface area contributed by atoms with E-state index in [1.165, 1.54) is 5.56 Å². The van der Waals surface area contributed by atoms with E-state index in [9.17, 15) is 9.59 Å². The van der Waals surface area contributed by atoms with Crippen molar-refractivity contribution in [3.63, 3.8) is 0 Å². The molecule has 3 nitrogen and oxygen atoms in total. The molecule has 1 amide bonds. The van der Waals surface area contributed by atoms with Crippen molar-refractivity contribution in [1.82, 2.24) is 4.90 Å². The van der Waals surface area contributed by atoms with Gasteiger partial charge in [0.25, 0.3) is 5.91 Å². The number of hydrogen-bond acceptors (Lipinski definition) is 2. The van der Waals surface area contributed by atoms with Crippen molar-refractivity contribution in [2.75, 3.05) is 13.1 Å². The first-order valence-electron chi connectivity index (χ1n) is 9.06. The fourth-order valence-electron chi connectivity index (χ4n) is 3.50. The van der Waals surface area contributed by atoms with Crippen LogP contribution in [0.25, 0.3) is 0 Å². The predicted octanol–water partition coefficient (Wildman–Crippen LogP) is 4.05. The van der Waals surface area contributed by atoms with E-state index in [0.717, 1.165) is 36.9 Å². The Hall–Kier alpha value is -2.42. The van der Waals surface area contributed by atoms with Gasteiger partial charge in [0.1, 0.15) is 5.78 Å². The van der Waals surface area contributed by atoms with Crippen LogP contribution in [0.3, 0.4) is 0 Å². The molecule has 0 aliphatic carbocycles. The average molecular weight is 335 g/mol. The van der Waals surface area contributed by atoms with Crippen LogP contribution in [0.4, 0.5) is 0 Å². The van der Waals surface area contributed by atoms with Crippen LogP contribution in [0, 0.1) is 12.8 Å². The first-order chi connectivity index (χ1) is 12.1.